The van der Waals surface area contributed by atoms with Gasteiger partial charge in [0.25, 0.3) is 0 Å². The summed E-state index contributed by atoms with van der Waals surface area (Å²) in [5, 5.41) is 6.77. The Labute approximate surface area is 196 Å². The van der Waals surface area contributed by atoms with Crippen molar-refractivity contribution in [3.8, 4) is 0 Å². The summed E-state index contributed by atoms with van der Waals surface area (Å²) in [6.07, 6.45) is 6.23. The number of carbonyl (C=O) groups is 2. The normalized spacial score (nSPS) is 23.6. The van der Waals surface area contributed by atoms with Crippen LogP contribution in [0.2, 0.25) is 0 Å². The standard InChI is InChI=1S/C25H27FN6O2/c26-19-3-1-2-17(10-19)14-31-20-4-5-21(31)16-29(15-20)13-18-6-9-32-22(11-18)23(12-27-32)30-8-7-24(33)28-25(30)34/h1-3,6,9-12,20-21H,4-5,7-8,13-16H2,(H,28,33,34). The number of fused-ring (bicyclic) bond motifs is 3. The van der Waals surface area contributed by atoms with E-state index in [0.29, 0.717) is 24.3 Å². The molecule has 9 heteroatoms. The summed E-state index contributed by atoms with van der Waals surface area (Å²) in [6.45, 7) is 3.95. The predicted molar refractivity (Wildman–Crippen MR) is 125 cm³/mol. The smallest absolute Gasteiger partial charge is 0.296 e. The molecule has 5 heterocycles. The van der Waals surface area contributed by atoms with Crippen LogP contribution in [0.3, 0.4) is 0 Å². The Morgan fingerprint density at radius 1 is 1.03 bits per heavy atom. The molecule has 2 aromatic heterocycles. The van der Waals surface area contributed by atoms with Gasteiger partial charge in [-0.3, -0.25) is 24.8 Å². The molecule has 0 aliphatic carbocycles. The van der Waals surface area contributed by atoms with Gasteiger partial charge in [0.2, 0.25) is 5.91 Å². The number of pyridine rings is 1. The van der Waals surface area contributed by atoms with E-state index in [-0.39, 0.29) is 18.1 Å². The maximum atomic E-state index is 13.6. The van der Waals surface area contributed by atoms with Crippen molar-refractivity contribution in [1.82, 2.24) is 24.7 Å². The van der Waals surface area contributed by atoms with E-state index in [1.54, 1.807) is 27.7 Å². The maximum absolute atomic E-state index is 13.6. The molecular weight excluding hydrogens is 435 g/mol. The van der Waals surface area contributed by atoms with E-state index in [1.807, 2.05) is 12.3 Å². The molecule has 3 saturated heterocycles. The number of nitrogens with one attached hydrogen (secondary N) is 1. The third kappa shape index (κ3) is 3.95. The summed E-state index contributed by atoms with van der Waals surface area (Å²) in [5.41, 5.74) is 3.77. The quantitative estimate of drug-likeness (QED) is 0.631. The molecule has 8 nitrogen and oxygen atoms in total. The van der Waals surface area contributed by atoms with Crippen LogP contribution in [0.15, 0.2) is 48.8 Å². The zero-order valence-corrected chi connectivity index (χ0v) is 18.9. The van der Waals surface area contributed by atoms with Crippen molar-refractivity contribution < 1.29 is 14.0 Å². The van der Waals surface area contributed by atoms with Crippen molar-refractivity contribution >= 4 is 23.1 Å². The van der Waals surface area contributed by atoms with E-state index in [0.717, 1.165) is 37.3 Å². The first-order valence-electron chi connectivity index (χ1n) is 11.8. The fraction of sp³-hybridized carbons (Fsp3) is 0.400. The molecule has 0 spiro atoms. The van der Waals surface area contributed by atoms with Gasteiger partial charge in [-0.25, -0.2) is 13.7 Å². The molecule has 3 aliphatic heterocycles. The molecule has 2 atom stereocenters. The average molecular weight is 463 g/mol. The van der Waals surface area contributed by atoms with Crippen molar-refractivity contribution in [2.75, 3.05) is 24.5 Å². The van der Waals surface area contributed by atoms with Gasteiger partial charge < -0.3 is 0 Å². The van der Waals surface area contributed by atoms with Gasteiger partial charge in [-0.2, -0.15) is 5.10 Å². The molecule has 0 saturated carbocycles. The number of anilines is 1. The average Bonchev–Trinajstić information content (AvgIpc) is 3.31. The van der Waals surface area contributed by atoms with E-state index in [2.05, 4.69) is 32.3 Å². The number of amides is 3. The number of urea groups is 1. The molecule has 3 aliphatic rings. The summed E-state index contributed by atoms with van der Waals surface area (Å²) in [5.74, 6) is -0.420. The first kappa shape index (κ1) is 21.2. The zero-order chi connectivity index (χ0) is 23.2. The van der Waals surface area contributed by atoms with Crippen LogP contribution in [0, 0.1) is 5.82 Å². The fourth-order valence-corrected chi connectivity index (χ4v) is 5.68. The monoisotopic (exact) mass is 462 g/mol. The predicted octanol–water partition coefficient (Wildman–Crippen LogP) is 2.77. The number of aromatic nitrogens is 2. The second kappa shape index (κ2) is 8.48. The summed E-state index contributed by atoms with van der Waals surface area (Å²) in [6, 6.07) is 11.6. The van der Waals surface area contributed by atoms with Crippen molar-refractivity contribution in [1.29, 1.82) is 0 Å². The second-order valence-electron chi connectivity index (χ2n) is 9.53. The molecule has 2 bridgehead atoms. The minimum atomic E-state index is -0.400. The lowest BCUT2D eigenvalue weighted by Gasteiger charge is -2.41. The third-order valence-corrected chi connectivity index (χ3v) is 7.28. The summed E-state index contributed by atoms with van der Waals surface area (Å²) < 4.78 is 15.4. The van der Waals surface area contributed by atoms with Crippen LogP contribution in [-0.2, 0) is 17.9 Å². The van der Waals surface area contributed by atoms with Gasteiger partial charge in [0, 0.05) is 57.4 Å². The van der Waals surface area contributed by atoms with Crippen LogP contribution in [0.25, 0.3) is 5.52 Å². The molecule has 0 radical (unpaired) electrons. The van der Waals surface area contributed by atoms with E-state index in [1.165, 1.54) is 24.5 Å². The number of likely N-dealkylation sites (tertiary alicyclic amines) is 1. The minimum Gasteiger partial charge on any atom is -0.296 e. The van der Waals surface area contributed by atoms with E-state index in [4.69, 9.17) is 0 Å². The highest BCUT2D eigenvalue weighted by Gasteiger charge is 2.39. The van der Waals surface area contributed by atoms with Gasteiger partial charge in [0.15, 0.2) is 0 Å². The van der Waals surface area contributed by atoms with Crippen molar-refractivity contribution in [2.24, 2.45) is 0 Å². The second-order valence-corrected chi connectivity index (χ2v) is 9.53. The largest absolute Gasteiger partial charge is 0.328 e. The van der Waals surface area contributed by atoms with Crippen molar-refractivity contribution in [3.63, 3.8) is 0 Å². The number of nitrogens with zero attached hydrogens (tertiary/aromatic N) is 5. The number of halogens is 1. The van der Waals surface area contributed by atoms with Crippen LogP contribution < -0.4 is 10.2 Å². The van der Waals surface area contributed by atoms with Gasteiger partial charge in [0.1, 0.15) is 5.82 Å². The van der Waals surface area contributed by atoms with Gasteiger partial charge in [-0.05, 0) is 48.2 Å². The lowest BCUT2D eigenvalue weighted by atomic mass is 10.1. The number of hydrogen-bond acceptors (Lipinski definition) is 5. The highest BCUT2D eigenvalue weighted by Crippen LogP contribution is 2.33. The van der Waals surface area contributed by atoms with Gasteiger partial charge in [-0.15, -0.1) is 0 Å². The fourth-order valence-electron chi connectivity index (χ4n) is 5.68. The maximum Gasteiger partial charge on any atom is 0.328 e. The summed E-state index contributed by atoms with van der Waals surface area (Å²) in [7, 11) is 0. The van der Waals surface area contributed by atoms with Crippen molar-refractivity contribution in [3.05, 3.63) is 65.7 Å². The van der Waals surface area contributed by atoms with E-state index in [9.17, 15) is 14.0 Å². The molecule has 3 amide bonds. The Morgan fingerprint density at radius 2 is 1.82 bits per heavy atom. The SMILES string of the molecule is O=C1CCN(c2cnn3ccc(CN4CC5CCC(C4)N5Cc4cccc(F)c4)cc23)C(=O)N1. The zero-order valence-electron chi connectivity index (χ0n) is 18.9. The first-order valence-corrected chi connectivity index (χ1v) is 11.8. The third-order valence-electron chi connectivity index (χ3n) is 7.28. The van der Waals surface area contributed by atoms with E-state index < -0.39 is 6.03 Å². The summed E-state index contributed by atoms with van der Waals surface area (Å²) in [4.78, 5) is 30.5. The number of carbonyl (C=O) groups excluding carboxylic acids is 2. The number of hydrogen-bond donors (Lipinski definition) is 1. The van der Waals surface area contributed by atoms with Crippen LogP contribution >= 0.6 is 0 Å². The number of benzene rings is 1. The van der Waals surface area contributed by atoms with Crippen molar-refractivity contribution in [2.45, 2.75) is 44.4 Å². The molecule has 176 valence electrons. The number of rotatable bonds is 5. The van der Waals surface area contributed by atoms with Gasteiger partial charge in [-0.1, -0.05) is 12.1 Å². The first-order chi connectivity index (χ1) is 16.5. The Kier molecular flexibility index (Phi) is 5.30. The Bertz CT molecular complexity index is 1250. The molecule has 6 rings (SSSR count). The minimum absolute atomic E-state index is 0.174. The van der Waals surface area contributed by atoms with Crippen LogP contribution in [0.1, 0.15) is 30.4 Å². The highest BCUT2D eigenvalue weighted by molar-refractivity contribution is 6.07. The molecule has 1 aromatic carbocycles. The summed E-state index contributed by atoms with van der Waals surface area (Å²) >= 11 is 0. The molecule has 1 N–H and O–H groups in total. The van der Waals surface area contributed by atoms with E-state index >= 15 is 0 Å². The Morgan fingerprint density at radius 3 is 2.59 bits per heavy atom. The number of piperazine rings is 1. The number of imide groups is 1. The Hall–Kier alpha value is -3.30. The molecule has 3 fully saturated rings. The molecule has 2 unspecified atom stereocenters. The molecule has 3 aromatic rings. The van der Waals surface area contributed by atoms with Gasteiger partial charge >= 0.3 is 6.03 Å². The lowest BCUT2D eigenvalue weighted by molar-refractivity contribution is -0.120. The van der Waals surface area contributed by atoms with Gasteiger partial charge in [0.05, 0.1) is 17.4 Å². The van der Waals surface area contributed by atoms with Crippen LogP contribution in [-0.4, -0.2) is 63.1 Å². The lowest BCUT2D eigenvalue weighted by Crippen LogP contribution is -2.52. The topological polar surface area (TPSA) is 73.2 Å². The highest BCUT2D eigenvalue weighted by atomic mass is 19.1. The molecule has 34 heavy (non-hydrogen) atoms. The van der Waals surface area contributed by atoms with Crippen LogP contribution in [0.4, 0.5) is 14.9 Å². The Balaban J connectivity index is 1.16. The molecular formula is C25H27FN6O2. The van der Waals surface area contributed by atoms with Crippen LogP contribution in [0.5, 0.6) is 0 Å².